The smallest absolute Gasteiger partial charge is 0.187 e. The normalized spacial score (nSPS) is 15.7. The number of carboxylic acids is 1. The molecule has 0 fully saturated rings. The Bertz CT molecular complexity index is 515. The van der Waals surface area contributed by atoms with E-state index in [1.54, 1.807) is 0 Å². The maximum Gasteiger partial charge on any atom is 0.187 e. The van der Waals surface area contributed by atoms with Gasteiger partial charge in [0.2, 0.25) is 0 Å². The van der Waals surface area contributed by atoms with Gasteiger partial charge >= 0.3 is 0 Å². The molecule has 0 radical (unpaired) electrons. The number of aliphatic carboxylic acids is 1. The fraction of sp³-hybridized carbons (Fsp3) is 0.966. The Hall–Kier alpha value is -0.810. The van der Waals surface area contributed by atoms with Crippen LogP contribution in [0.15, 0.2) is 0 Å². The van der Waals surface area contributed by atoms with E-state index in [9.17, 15) is 15.0 Å². The number of quaternary nitrogens is 1. The molecule has 0 aliphatic carbocycles. The lowest BCUT2D eigenvalue weighted by molar-refractivity contribution is -0.952. The van der Waals surface area contributed by atoms with E-state index in [0.29, 0.717) is 0 Å². The second kappa shape index (κ2) is 25.2. The molecule has 0 aromatic rings. The summed E-state index contributed by atoms with van der Waals surface area (Å²) in [6.07, 6.45) is 13.6. The fourth-order valence-corrected chi connectivity index (χ4v) is 4.36. The van der Waals surface area contributed by atoms with Gasteiger partial charge in [-0.2, -0.15) is 0 Å². The number of hydrogen-bond acceptors (Lipinski definition) is 8. The largest absolute Gasteiger partial charge is 0.547 e. The summed E-state index contributed by atoms with van der Waals surface area (Å²) in [7, 11) is 2.26. The maximum absolute atomic E-state index is 10.2. The molecule has 0 heterocycles. The second-order valence-electron chi connectivity index (χ2n) is 11.0. The minimum atomic E-state index is -2.31. The van der Waals surface area contributed by atoms with E-state index in [1.165, 1.54) is 103 Å². The lowest BCUT2D eigenvalue weighted by Crippen LogP contribution is -2.52. The van der Waals surface area contributed by atoms with Crippen LogP contribution in [0.5, 0.6) is 0 Å². The second-order valence-corrected chi connectivity index (χ2v) is 11.0. The van der Waals surface area contributed by atoms with E-state index in [2.05, 4.69) is 20.9 Å². The van der Waals surface area contributed by atoms with Crippen molar-refractivity contribution in [1.82, 2.24) is 0 Å². The summed E-state index contributed by atoms with van der Waals surface area (Å²) in [5.41, 5.74) is 0. The third-order valence-electron chi connectivity index (χ3n) is 7.44. The first kappa shape index (κ1) is 39.3. The third kappa shape index (κ3) is 20.1. The molecule has 0 saturated carbocycles. The van der Waals surface area contributed by atoms with Crippen LogP contribution >= 0.6 is 0 Å². The monoisotopic (exact) mass is 551 g/mol. The first-order valence-corrected chi connectivity index (χ1v) is 15.0. The number of aliphatic hydroxyl groups is 6. The standard InChI is InChI=1S/C23H50NO.C6H12O7/c1-5-7-9-11-13-15-17-19-21-24(4,23(3)25)22-20-18-16-14-12-10-8-6-2;7-1-2(8)3(9)4(10)5(11)6(12)13/h23,25H,5-22H2,1-4H3;2-5,7-11H,1H2,(H,12,13)/q+1;/p-1/t;2-,3-,4+,5-/m.1/s1. The summed E-state index contributed by atoms with van der Waals surface area (Å²) in [4.78, 5) is 9.98. The highest BCUT2D eigenvalue weighted by Crippen LogP contribution is 2.17. The Morgan fingerprint density at radius 3 is 1.29 bits per heavy atom. The van der Waals surface area contributed by atoms with Crippen LogP contribution < -0.4 is 5.11 Å². The molecule has 0 aliphatic heterocycles. The van der Waals surface area contributed by atoms with Crippen molar-refractivity contribution in [3.05, 3.63) is 0 Å². The summed E-state index contributed by atoms with van der Waals surface area (Å²) in [6.45, 7) is 7.96. The molecule has 9 heteroatoms. The minimum absolute atomic E-state index is 0.228. The molecule has 0 aromatic heterocycles. The summed E-state index contributed by atoms with van der Waals surface area (Å²) in [6, 6.07) is 0. The average Bonchev–Trinajstić information content (AvgIpc) is 2.90. The molecule has 0 aliphatic rings. The number of carbonyl (C=O) groups is 1. The molecule has 0 rings (SSSR count). The van der Waals surface area contributed by atoms with E-state index in [4.69, 9.17) is 25.5 Å². The Morgan fingerprint density at radius 2 is 1.00 bits per heavy atom. The van der Waals surface area contributed by atoms with E-state index < -0.39 is 37.0 Å². The number of carboxylic acid groups (broad SMARTS) is 1. The zero-order valence-corrected chi connectivity index (χ0v) is 24.8. The molecule has 1 unspecified atom stereocenters. The maximum atomic E-state index is 10.2. The molecular weight excluding hydrogens is 490 g/mol. The molecule has 5 atom stereocenters. The topological polar surface area (TPSA) is 162 Å². The zero-order chi connectivity index (χ0) is 29.4. The number of nitrogens with zero attached hydrogens (tertiary/aromatic N) is 1. The van der Waals surface area contributed by atoms with Crippen LogP contribution in [-0.4, -0.2) is 98.5 Å². The molecule has 0 spiro atoms. The molecule has 0 aromatic carbocycles. The van der Waals surface area contributed by atoms with E-state index in [-0.39, 0.29) is 6.23 Å². The number of unbranched alkanes of at least 4 members (excludes halogenated alkanes) is 14. The SMILES string of the molecule is CCCCCCCCCC[N+](C)(CCCCCCCCCC)C(C)O.O=C([O-])[C@H](O)[C@@H](O)[C@H](O)[C@H](O)CO. The summed E-state index contributed by atoms with van der Waals surface area (Å²) < 4.78 is 0.853. The molecule has 0 saturated heterocycles. The van der Waals surface area contributed by atoms with Gasteiger partial charge < -0.3 is 45.0 Å². The van der Waals surface area contributed by atoms with E-state index >= 15 is 0 Å². The molecule has 0 amide bonds. The number of aliphatic hydroxyl groups excluding tert-OH is 6. The van der Waals surface area contributed by atoms with Crippen LogP contribution in [0, 0.1) is 0 Å². The fourth-order valence-electron chi connectivity index (χ4n) is 4.36. The van der Waals surface area contributed by atoms with Gasteiger partial charge in [0.05, 0.1) is 32.7 Å². The van der Waals surface area contributed by atoms with Crippen LogP contribution in [0.4, 0.5) is 0 Å². The summed E-state index contributed by atoms with van der Waals surface area (Å²) in [5.74, 6) is -1.98. The molecule has 6 N–H and O–H groups in total. The number of rotatable bonds is 24. The summed E-state index contributed by atoms with van der Waals surface area (Å²) >= 11 is 0. The highest BCUT2D eigenvalue weighted by Gasteiger charge is 2.30. The van der Waals surface area contributed by atoms with Gasteiger partial charge in [0.25, 0.3) is 0 Å². The molecular formula is C29H61NO8. The van der Waals surface area contributed by atoms with Gasteiger partial charge in [0, 0.05) is 6.92 Å². The van der Waals surface area contributed by atoms with Crippen LogP contribution in [0.3, 0.4) is 0 Å². The van der Waals surface area contributed by atoms with Crippen LogP contribution in [0.25, 0.3) is 0 Å². The average molecular weight is 552 g/mol. The van der Waals surface area contributed by atoms with Gasteiger partial charge in [-0.15, -0.1) is 0 Å². The Balaban J connectivity index is 0. The van der Waals surface area contributed by atoms with Gasteiger partial charge in [-0.1, -0.05) is 90.9 Å². The van der Waals surface area contributed by atoms with E-state index in [1.807, 2.05) is 6.92 Å². The zero-order valence-electron chi connectivity index (χ0n) is 24.8. The van der Waals surface area contributed by atoms with Gasteiger partial charge in [0.15, 0.2) is 6.23 Å². The third-order valence-corrected chi connectivity index (χ3v) is 7.44. The molecule has 0 bridgehead atoms. The van der Waals surface area contributed by atoms with Crippen LogP contribution in [-0.2, 0) is 4.79 Å². The van der Waals surface area contributed by atoms with Crippen molar-refractivity contribution in [1.29, 1.82) is 0 Å². The highest BCUT2D eigenvalue weighted by molar-refractivity contribution is 5.70. The van der Waals surface area contributed by atoms with Crippen LogP contribution in [0.1, 0.15) is 124 Å². The quantitative estimate of drug-likeness (QED) is 0.0604. The number of hydrogen-bond donors (Lipinski definition) is 6. The number of carbonyl (C=O) groups excluding carboxylic acids is 1. The van der Waals surface area contributed by atoms with Crippen molar-refractivity contribution in [2.75, 3.05) is 26.7 Å². The van der Waals surface area contributed by atoms with Gasteiger partial charge in [-0.05, 0) is 25.7 Å². The van der Waals surface area contributed by atoms with Crippen molar-refractivity contribution >= 4 is 5.97 Å². The minimum Gasteiger partial charge on any atom is -0.547 e. The lowest BCUT2D eigenvalue weighted by atomic mass is 10.0. The Labute approximate surface area is 232 Å². The predicted molar refractivity (Wildman–Crippen MR) is 149 cm³/mol. The molecule has 9 nitrogen and oxygen atoms in total. The van der Waals surface area contributed by atoms with E-state index in [0.717, 1.165) is 17.6 Å². The lowest BCUT2D eigenvalue weighted by Gasteiger charge is -2.37. The Morgan fingerprint density at radius 1 is 0.658 bits per heavy atom. The van der Waals surface area contributed by atoms with Crippen molar-refractivity contribution in [2.45, 2.75) is 154 Å². The van der Waals surface area contributed by atoms with Crippen molar-refractivity contribution in [3.63, 3.8) is 0 Å². The first-order valence-electron chi connectivity index (χ1n) is 15.0. The van der Waals surface area contributed by atoms with Crippen molar-refractivity contribution < 1.29 is 45.0 Å². The molecule has 38 heavy (non-hydrogen) atoms. The Kier molecular flexibility index (Phi) is 26.1. The van der Waals surface area contributed by atoms with Crippen LogP contribution in [0.2, 0.25) is 0 Å². The van der Waals surface area contributed by atoms with Gasteiger partial charge in [0.1, 0.15) is 24.4 Å². The highest BCUT2D eigenvalue weighted by atomic mass is 16.4. The summed E-state index contributed by atoms with van der Waals surface area (Å²) in [5, 5.41) is 63.7. The van der Waals surface area contributed by atoms with Crippen molar-refractivity contribution in [2.24, 2.45) is 0 Å². The van der Waals surface area contributed by atoms with Gasteiger partial charge in [-0.3, -0.25) is 0 Å². The van der Waals surface area contributed by atoms with Gasteiger partial charge in [-0.25, -0.2) is 0 Å². The predicted octanol–water partition coefficient (Wildman–Crippen LogP) is 2.22. The van der Waals surface area contributed by atoms with Crippen molar-refractivity contribution in [3.8, 4) is 0 Å². The molecule has 230 valence electrons. The first-order chi connectivity index (χ1) is 18.0.